The van der Waals surface area contributed by atoms with Crippen LogP contribution in [-0.2, 0) is 11.3 Å². The highest BCUT2D eigenvalue weighted by molar-refractivity contribution is 5.34. The fourth-order valence-corrected chi connectivity index (χ4v) is 1.29. The van der Waals surface area contributed by atoms with Gasteiger partial charge in [0.05, 0.1) is 18.1 Å². The Kier molecular flexibility index (Phi) is 4.75. The molecule has 1 aromatic rings. The van der Waals surface area contributed by atoms with Gasteiger partial charge in [0.25, 0.3) is 0 Å². The van der Waals surface area contributed by atoms with Crippen molar-refractivity contribution in [1.82, 2.24) is 0 Å². The number of hydrogen-bond acceptors (Lipinski definition) is 4. The number of nitrogens with two attached hydrogens (primary N) is 1. The average Bonchev–Trinajstić information content (AvgIpc) is 2.28. The van der Waals surface area contributed by atoms with E-state index in [9.17, 15) is 14.5 Å². The van der Waals surface area contributed by atoms with Gasteiger partial charge < -0.3 is 10.5 Å². The smallest absolute Gasteiger partial charge is 0.304 e. The van der Waals surface area contributed by atoms with E-state index in [0.717, 1.165) is 18.6 Å². The fraction of sp³-hybridized carbons (Fsp3) is 0.500. The molecule has 0 fully saturated rings. The molecule has 1 unspecified atom stereocenters. The Morgan fingerprint density at radius 2 is 2.22 bits per heavy atom. The topological polar surface area (TPSA) is 78.4 Å². The zero-order valence-corrected chi connectivity index (χ0v) is 10.5. The van der Waals surface area contributed by atoms with Crippen LogP contribution in [-0.4, -0.2) is 17.1 Å². The number of benzene rings is 1. The minimum atomic E-state index is -0.855. The maximum Gasteiger partial charge on any atom is 0.304 e. The van der Waals surface area contributed by atoms with Gasteiger partial charge in [0.1, 0.15) is 0 Å². The summed E-state index contributed by atoms with van der Waals surface area (Å²) in [4.78, 5) is 9.68. The zero-order valence-electron chi connectivity index (χ0n) is 10.5. The summed E-state index contributed by atoms with van der Waals surface area (Å²) in [6.45, 7) is 4.35. The van der Waals surface area contributed by atoms with Gasteiger partial charge in [-0.2, -0.15) is 4.39 Å². The first-order valence-corrected chi connectivity index (χ1v) is 5.65. The van der Waals surface area contributed by atoms with Gasteiger partial charge in [-0.25, -0.2) is 0 Å². The molecule has 6 heteroatoms. The Balaban J connectivity index is 2.59. The first-order valence-electron chi connectivity index (χ1n) is 5.65. The van der Waals surface area contributed by atoms with E-state index in [0.29, 0.717) is 12.2 Å². The van der Waals surface area contributed by atoms with E-state index in [1.807, 2.05) is 13.8 Å². The van der Waals surface area contributed by atoms with Crippen LogP contribution in [0.4, 0.5) is 10.1 Å². The Labute approximate surface area is 105 Å². The number of nitrogens with zero attached hydrogens (tertiary/aromatic N) is 1. The van der Waals surface area contributed by atoms with Gasteiger partial charge in [0.15, 0.2) is 0 Å². The average molecular weight is 256 g/mol. The molecule has 1 atom stereocenters. The van der Waals surface area contributed by atoms with Crippen LogP contribution in [0.5, 0.6) is 0 Å². The Morgan fingerprint density at radius 3 is 2.72 bits per heavy atom. The van der Waals surface area contributed by atoms with Gasteiger partial charge in [-0.05, 0) is 31.0 Å². The van der Waals surface area contributed by atoms with Crippen LogP contribution in [0.3, 0.4) is 0 Å². The molecule has 0 spiro atoms. The van der Waals surface area contributed by atoms with Crippen molar-refractivity contribution in [2.45, 2.75) is 32.4 Å². The second kappa shape index (κ2) is 5.88. The molecule has 0 bridgehead atoms. The summed E-state index contributed by atoms with van der Waals surface area (Å²) in [5.74, 6) is -0.855. The molecule has 5 nitrogen and oxygen atoms in total. The van der Waals surface area contributed by atoms with Gasteiger partial charge in [-0.15, -0.1) is 0 Å². The second-order valence-corrected chi connectivity index (χ2v) is 4.54. The summed E-state index contributed by atoms with van der Waals surface area (Å²) in [6, 6.07) is 3.72. The van der Waals surface area contributed by atoms with E-state index in [-0.39, 0.29) is 6.61 Å². The molecule has 0 aliphatic heterocycles. The number of halogens is 1. The third-order valence-corrected chi connectivity index (χ3v) is 2.72. The maximum absolute atomic E-state index is 13.3. The van der Waals surface area contributed by atoms with Crippen molar-refractivity contribution in [3.05, 3.63) is 39.7 Å². The number of rotatable bonds is 6. The van der Waals surface area contributed by atoms with Crippen molar-refractivity contribution in [3.63, 3.8) is 0 Å². The minimum Gasteiger partial charge on any atom is -0.375 e. The summed E-state index contributed by atoms with van der Waals surface area (Å²) < 4.78 is 18.7. The number of ether oxygens (including phenoxy) is 1. The highest BCUT2D eigenvalue weighted by atomic mass is 19.1. The lowest BCUT2D eigenvalue weighted by atomic mass is 10.0. The van der Waals surface area contributed by atoms with E-state index < -0.39 is 22.0 Å². The van der Waals surface area contributed by atoms with E-state index in [1.165, 1.54) is 6.07 Å². The molecular weight excluding hydrogens is 239 g/mol. The van der Waals surface area contributed by atoms with Crippen molar-refractivity contribution in [2.75, 3.05) is 6.61 Å². The first-order chi connectivity index (χ1) is 8.35. The highest BCUT2D eigenvalue weighted by Crippen LogP contribution is 2.18. The molecule has 0 aliphatic carbocycles. The van der Waals surface area contributed by atoms with E-state index in [4.69, 9.17) is 10.5 Å². The van der Waals surface area contributed by atoms with Gasteiger partial charge in [0, 0.05) is 11.6 Å². The summed E-state index contributed by atoms with van der Waals surface area (Å²) in [5.41, 5.74) is 5.48. The monoisotopic (exact) mass is 256 g/mol. The Bertz CT molecular complexity index is 435. The summed E-state index contributed by atoms with van der Waals surface area (Å²) in [7, 11) is 0. The maximum atomic E-state index is 13.3. The highest BCUT2D eigenvalue weighted by Gasteiger charge is 2.17. The quantitative estimate of drug-likeness (QED) is 0.626. The van der Waals surface area contributed by atoms with Crippen LogP contribution < -0.4 is 5.73 Å². The van der Waals surface area contributed by atoms with E-state index in [1.54, 1.807) is 0 Å². The van der Waals surface area contributed by atoms with Crippen molar-refractivity contribution < 1.29 is 14.1 Å². The largest absolute Gasteiger partial charge is 0.375 e. The van der Waals surface area contributed by atoms with Gasteiger partial charge in [0.2, 0.25) is 5.82 Å². The fourth-order valence-electron chi connectivity index (χ4n) is 1.29. The lowest BCUT2D eigenvalue weighted by Crippen LogP contribution is -2.40. The van der Waals surface area contributed by atoms with Crippen molar-refractivity contribution in [3.8, 4) is 0 Å². The molecule has 1 aromatic carbocycles. The molecule has 0 saturated carbocycles. The SMILES string of the molecule is CCC(C)(N)COCc1ccc([N+](=O)[O-])c(F)c1. The van der Waals surface area contributed by atoms with Crippen molar-refractivity contribution >= 4 is 5.69 Å². The summed E-state index contributed by atoms with van der Waals surface area (Å²) in [6.07, 6.45) is 0.765. The molecule has 0 heterocycles. The van der Waals surface area contributed by atoms with Gasteiger partial charge >= 0.3 is 5.69 Å². The van der Waals surface area contributed by atoms with E-state index >= 15 is 0 Å². The first kappa shape index (κ1) is 14.5. The molecule has 0 aliphatic rings. The molecular formula is C12H17FN2O3. The normalized spacial score (nSPS) is 14.2. The Hall–Kier alpha value is -1.53. The molecule has 0 saturated heterocycles. The van der Waals surface area contributed by atoms with Crippen molar-refractivity contribution in [1.29, 1.82) is 0 Å². The predicted molar refractivity (Wildman–Crippen MR) is 65.6 cm³/mol. The molecule has 0 amide bonds. The third kappa shape index (κ3) is 4.05. The molecule has 0 radical (unpaired) electrons. The number of hydrogen-bond donors (Lipinski definition) is 1. The van der Waals surface area contributed by atoms with Crippen LogP contribution in [0.1, 0.15) is 25.8 Å². The van der Waals surface area contributed by atoms with Crippen LogP contribution in [0.15, 0.2) is 18.2 Å². The van der Waals surface area contributed by atoms with Crippen LogP contribution in [0, 0.1) is 15.9 Å². The van der Waals surface area contributed by atoms with Crippen LogP contribution >= 0.6 is 0 Å². The summed E-state index contributed by atoms with van der Waals surface area (Å²) >= 11 is 0. The summed E-state index contributed by atoms with van der Waals surface area (Å²) in [5, 5.41) is 10.4. The third-order valence-electron chi connectivity index (χ3n) is 2.72. The lowest BCUT2D eigenvalue weighted by molar-refractivity contribution is -0.387. The lowest BCUT2D eigenvalue weighted by Gasteiger charge is -2.22. The zero-order chi connectivity index (χ0) is 13.8. The predicted octanol–water partition coefficient (Wildman–Crippen LogP) is 2.38. The molecule has 2 N–H and O–H groups in total. The van der Waals surface area contributed by atoms with Gasteiger partial charge in [-0.3, -0.25) is 10.1 Å². The van der Waals surface area contributed by atoms with Crippen LogP contribution in [0.2, 0.25) is 0 Å². The standard InChI is InChI=1S/C12H17FN2O3/c1-3-12(2,14)8-18-7-9-4-5-11(15(16)17)10(13)6-9/h4-6H,3,7-8,14H2,1-2H3. The number of nitro benzene ring substituents is 1. The molecule has 100 valence electrons. The Morgan fingerprint density at radius 1 is 1.56 bits per heavy atom. The van der Waals surface area contributed by atoms with Crippen molar-refractivity contribution in [2.24, 2.45) is 5.73 Å². The molecule has 0 aromatic heterocycles. The van der Waals surface area contributed by atoms with E-state index in [2.05, 4.69) is 0 Å². The second-order valence-electron chi connectivity index (χ2n) is 4.54. The van der Waals surface area contributed by atoms with Gasteiger partial charge in [-0.1, -0.05) is 6.92 Å². The minimum absolute atomic E-state index is 0.182. The molecule has 18 heavy (non-hydrogen) atoms. The van der Waals surface area contributed by atoms with Crippen LogP contribution in [0.25, 0.3) is 0 Å². The number of nitro groups is 1. The molecule has 1 rings (SSSR count).